The molecule has 0 N–H and O–H groups in total. The van der Waals surface area contributed by atoms with Gasteiger partial charge < -0.3 is 0 Å². The fourth-order valence-corrected chi connectivity index (χ4v) is 2.18. The highest BCUT2D eigenvalue weighted by molar-refractivity contribution is 4.92. The molecule has 0 aromatic carbocycles. The van der Waals surface area contributed by atoms with Crippen LogP contribution in [0.25, 0.3) is 0 Å². The number of hydrogen-bond acceptors (Lipinski definition) is 2. The molecule has 0 amide bonds. The molecular weight excluding hydrogens is 234 g/mol. The Morgan fingerprint density at radius 3 is 2.32 bits per heavy atom. The summed E-state index contributed by atoms with van der Waals surface area (Å²) in [5.74, 6) is 1.59. The van der Waals surface area contributed by atoms with Crippen molar-refractivity contribution >= 4 is 0 Å². The molecule has 1 aromatic heterocycles. The van der Waals surface area contributed by atoms with Crippen molar-refractivity contribution in [1.82, 2.24) is 15.0 Å². The Kier molecular flexibility index (Phi) is 7.76. The maximum Gasteiger partial charge on any atom is 0.0827 e. The fourth-order valence-electron chi connectivity index (χ4n) is 2.18. The Morgan fingerprint density at radius 2 is 1.63 bits per heavy atom. The highest BCUT2D eigenvalue weighted by atomic mass is 15.4. The van der Waals surface area contributed by atoms with Crippen molar-refractivity contribution in [3.8, 4) is 0 Å². The van der Waals surface area contributed by atoms with E-state index in [-0.39, 0.29) is 0 Å². The zero-order valence-electron chi connectivity index (χ0n) is 13.2. The fraction of sp³-hybridized carbons (Fsp3) is 0.875. The van der Waals surface area contributed by atoms with Crippen LogP contribution in [0, 0.1) is 11.8 Å². The molecule has 19 heavy (non-hydrogen) atoms. The zero-order chi connectivity index (χ0) is 14.1. The Labute approximate surface area is 118 Å². The first-order valence-corrected chi connectivity index (χ1v) is 7.97. The van der Waals surface area contributed by atoms with Crippen molar-refractivity contribution in [2.45, 2.75) is 79.2 Å². The van der Waals surface area contributed by atoms with Gasteiger partial charge in [0.15, 0.2) is 0 Å². The lowest BCUT2D eigenvalue weighted by molar-refractivity contribution is 0.489. The highest BCUT2D eigenvalue weighted by Gasteiger charge is 2.02. The Bertz CT molecular complexity index is 328. The minimum atomic E-state index is 0.742. The van der Waals surface area contributed by atoms with Gasteiger partial charge in [-0.1, -0.05) is 58.6 Å². The summed E-state index contributed by atoms with van der Waals surface area (Å²) in [4.78, 5) is 0. The van der Waals surface area contributed by atoms with E-state index in [4.69, 9.17) is 0 Å². The summed E-state index contributed by atoms with van der Waals surface area (Å²) in [6.07, 6.45) is 11.0. The van der Waals surface area contributed by atoms with E-state index in [1.54, 1.807) is 0 Å². The van der Waals surface area contributed by atoms with Crippen LogP contribution in [0.15, 0.2) is 6.20 Å². The van der Waals surface area contributed by atoms with Gasteiger partial charge in [0.1, 0.15) is 0 Å². The van der Waals surface area contributed by atoms with Crippen molar-refractivity contribution in [2.24, 2.45) is 11.8 Å². The molecule has 3 heteroatoms. The van der Waals surface area contributed by atoms with Gasteiger partial charge in [0.25, 0.3) is 0 Å². The summed E-state index contributed by atoms with van der Waals surface area (Å²) in [5.41, 5.74) is 1.15. The van der Waals surface area contributed by atoms with Gasteiger partial charge in [0, 0.05) is 12.7 Å². The molecule has 3 nitrogen and oxygen atoms in total. The number of aryl methyl sites for hydroxylation is 2. The van der Waals surface area contributed by atoms with Crippen LogP contribution in [0.5, 0.6) is 0 Å². The van der Waals surface area contributed by atoms with E-state index in [0.717, 1.165) is 30.5 Å². The highest BCUT2D eigenvalue weighted by Crippen LogP contribution is 2.10. The average molecular weight is 265 g/mol. The van der Waals surface area contributed by atoms with Gasteiger partial charge in [0.2, 0.25) is 0 Å². The lowest BCUT2D eigenvalue weighted by atomic mass is 10.0. The molecule has 0 saturated carbocycles. The molecule has 1 rings (SSSR count). The van der Waals surface area contributed by atoms with E-state index >= 15 is 0 Å². The van der Waals surface area contributed by atoms with Gasteiger partial charge in [0.05, 0.1) is 5.69 Å². The lowest BCUT2D eigenvalue weighted by Gasteiger charge is -2.04. The summed E-state index contributed by atoms with van der Waals surface area (Å²) in [7, 11) is 0. The standard InChI is InChI=1S/C16H31N3/c1-14(2)9-7-5-6-8-12-19-13-16(17-18-19)11-10-15(3)4/h13-15H,5-12H2,1-4H3. The van der Waals surface area contributed by atoms with E-state index in [1.165, 1.54) is 38.5 Å². The van der Waals surface area contributed by atoms with E-state index in [9.17, 15) is 0 Å². The third-order valence-corrected chi connectivity index (χ3v) is 3.48. The molecular formula is C16H31N3. The third kappa shape index (κ3) is 8.02. The molecule has 0 aliphatic heterocycles. The third-order valence-electron chi connectivity index (χ3n) is 3.48. The SMILES string of the molecule is CC(C)CCCCCCn1cc(CCC(C)C)nn1. The summed E-state index contributed by atoms with van der Waals surface area (Å²) in [5, 5.41) is 8.45. The first kappa shape index (κ1) is 16.2. The van der Waals surface area contributed by atoms with Gasteiger partial charge in [-0.2, -0.15) is 0 Å². The predicted molar refractivity (Wildman–Crippen MR) is 81.1 cm³/mol. The molecule has 0 spiro atoms. The normalized spacial score (nSPS) is 11.7. The van der Waals surface area contributed by atoms with E-state index < -0.39 is 0 Å². The zero-order valence-corrected chi connectivity index (χ0v) is 13.2. The maximum absolute atomic E-state index is 4.24. The van der Waals surface area contributed by atoms with Crippen LogP contribution in [-0.4, -0.2) is 15.0 Å². The Balaban J connectivity index is 2.09. The first-order chi connectivity index (χ1) is 9.08. The molecule has 0 bridgehead atoms. The molecule has 0 aliphatic rings. The summed E-state index contributed by atoms with van der Waals surface area (Å²) >= 11 is 0. The van der Waals surface area contributed by atoms with Gasteiger partial charge in [-0.3, -0.25) is 4.68 Å². The van der Waals surface area contributed by atoms with Crippen LogP contribution in [0.2, 0.25) is 0 Å². The maximum atomic E-state index is 4.24. The van der Waals surface area contributed by atoms with Gasteiger partial charge in [-0.15, -0.1) is 5.10 Å². The van der Waals surface area contributed by atoms with Crippen LogP contribution >= 0.6 is 0 Å². The second-order valence-electron chi connectivity index (χ2n) is 6.50. The molecule has 1 aromatic rings. The van der Waals surface area contributed by atoms with Crippen LogP contribution in [0.3, 0.4) is 0 Å². The van der Waals surface area contributed by atoms with Crippen molar-refractivity contribution in [3.05, 3.63) is 11.9 Å². The number of nitrogens with zero attached hydrogens (tertiary/aromatic N) is 3. The van der Waals surface area contributed by atoms with Crippen molar-refractivity contribution in [1.29, 1.82) is 0 Å². The van der Waals surface area contributed by atoms with Gasteiger partial charge >= 0.3 is 0 Å². The topological polar surface area (TPSA) is 30.7 Å². The second kappa shape index (κ2) is 9.11. The minimum Gasteiger partial charge on any atom is -0.252 e. The first-order valence-electron chi connectivity index (χ1n) is 7.97. The van der Waals surface area contributed by atoms with Crippen LogP contribution in [0.1, 0.15) is 71.9 Å². The van der Waals surface area contributed by atoms with E-state index in [0.29, 0.717) is 0 Å². The minimum absolute atomic E-state index is 0.742. The molecule has 0 unspecified atom stereocenters. The summed E-state index contributed by atoms with van der Waals surface area (Å²) in [6, 6.07) is 0. The average Bonchev–Trinajstić information content (AvgIpc) is 2.78. The largest absolute Gasteiger partial charge is 0.252 e. The number of aromatic nitrogens is 3. The molecule has 110 valence electrons. The second-order valence-corrected chi connectivity index (χ2v) is 6.50. The predicted octanol–water partition coefficient (Wildman–Crippen LogP) is 4.47. The number of rotatable bonds is 10. The number of hydrogen-bond donors (Lipinski definition) is 0. The van der Waals surface area contributed by atoms with Crippen molar-refractivity contribution in [2.75, 3.05) is 0 Å². The quantitative estimate of drug-likeness (QED) is 0.584. The molecule has 0 saturated heterocycles. The van der Waals surface area contributed by atoms with Crippen LogP contribution in [-0.2, 0) is 13.0 Å². The molecule has 0 radical (unpaired) electrons. The molecule has 0 aliphatic carbocycles. The van der Waals surface area contributed by atoms with E-state index in [2.05, 4.69) is 44.2 Å². The van der Waals surface area contributed by atoms with Crippen molar-refractivity contribution < 1.29 is 0 Å². The lowest BCUT2D eigenvalue weighted by Crippen LogP contribution is -1.99. The van der Waals surface area contributed by atoms with E-state index in [1.807, 2.05) is 4.68 Å². The Hall–Kier alpha value is -0.860. The number of unbranched alkanes of at least 4 members (excludes halogenated alkanes) is 3. The smallest absolute Gasteiger partial charge is 0.0827 e. The van der Waals surface area contributed by atoms with Crippen molar-refractivity contribution in [3.63, 3.8) is 0 Å². The summed E-state index contributed by atoms with van der Waals surface area (Å²) < 4.78 is 2.01. The summed E-state index contributed by atoms with van der Waals surface area (Å²) in [6.45, 7) is 10.1. The molecule has 0 atom stereocenters. The molecule has 0 fully saturated rings. The van der Waals surface area contributed by atoms with Crippen LogP contribution < -0.4 is 0 Å². The van der Waals surface area contributed by atoms with Crippen LogP contribution in [0.4, 0.5) is 0 Å². The monoisotopic (exact) mass is 265 g/mol. The Morgan fingerprint density at radius 1 is 0.947 bits per heavy atom. The van der Waals surface area contributed by atoms with Gasteiger partial charge in [-0.05, 0) is 31.1 Å². The van der Waals surface area contributed by atoms with Gasteiger partial charge in [-0.25, -0.2) is 0 Å². The molecule has 1 heterocycles.